The minimum absolute atomic E-state index is 0.0617. The molecule has 10 heteroatoms. The normalized spacial score (nSPS) is 30.6. The first kappa shape index (κ1) is 46.6. The third-order valence-corrected chi connectivity index (χ3v) is 21.1. The largest absolute Gasteiger partial charge is 0.457 e. The highest BCUT2D eigenvalue weighted by Gasteiger charge is 2.48. The molecule has 0 radical (unpaired) electrons. The molecule has 2 aliphatic heterocycles. The van der Waals surface area contributed by atoms with E-state index in [1.165, 1.54) is 6.92 Å². The van der Waals surface area contributed by atoms with E-state index >= 15 is 0 Å². The average molecular weight is 765 g/mol. The highest BCUT2D eigenvalue weighted by molar-refractivity contribution is 6.74. The van der Waals surface area contributed by atoms with Crippen LogP contribution >= 0.6 is 0 Å². The van der Waals surface area contributed by atoms with Crippen molar-refractivity contribution >= 4 is 28.6 Å². The minimum Gasteiger partial charge on any atom is -0.457 e. The zero-order valence-corrected chi connectivity index (χ0v) is 37.9. The summed E-state index contributed by atoms with van der Waals surface area (Å²) in [6.07, 6.45) is 11.3. The van der Waals surface area contributed by atoms with Crippen LogP contribution < -0.4 is 0 Å². The van der Waals surface area contributed by atoms with Crippen LogP contribution in [0, 0.1) is 17.8 Å². The lowest BCUT2D eigenvalue weighted by molar-refractivity contribution is -0.157. The first-order valence-corrected chi connectivity index (χ1v) is 25.6. The number of hydrogen-bond donors (Lipinski definition) is 1. The van der Waals surface area contributed by atoms with Gasteiger partial charge in [-0.25, -0.2) is 0 Å². The van der Waals surface area contributed by atoms with E-state index in [9.17, 15) is 14.7 Å². The Kier molecular flexibility index (Phi) is 16.5. The smallest absolute Gasteiger partial charge is 0.308 e. The summed E-state index contributed by atoms with van der Waals surface area (Å²) in [5, 5.41) is 11.7. The summed E-state index contributed by atoms with van der Waals surface area (Å²) < 4.78 is 31.6. The second-order valence-electron chi connectivity index (χ2n) is 19.1. The van der Waals surface area contributed by atoms with E-state index in [0.717, 1.165) is 18.4 Å². The van der Waals surface area contributed by atoms with Crippen molar-refractivity contribution in [1.82, 2.24) is 0 Å². The number of cyclic esters (lactones) is 1. The molecule has 0 aliphatic carbocycles. The Labute approximate surface area is 319 Å². The number of esters is 2. The molecule has 0 amide bonds. The number of carbonyl (C=O) groups excluding carboxylic acids is 2. The third kappa shape index (κ3) is 13.6. The molecule has 52 heavy (non-hydrogen) atoms. The van der Waals surface area contributed by atoms with Crippen molar-refractivity contribution in [2.75, 3.05) is 0 Å². The van der Waals surface area contributed by atoms with Crippen LogP contribution in [0.2, 0.25) is 36.3 Å². The van der Waals surface area contributed by atoms with Crippen molar-refractivity contribution in [3.05, 3.63) is 36.0 Å². The van der Waals surface area contributed by atoms with Gasteiger partial charge in [0.1, 0.15) is 17.8 Å². The Balaban J connectivity index is 2.23. The van der Waals surface area contributed by atoms with Crippen LogP contribution in [0.3, 0.4) is 0 Å². The summed E-state index contributed by atoms with van der Waals surface area (Å²) in [6.45, 7) is 36.0. The van der Waals surface area contributed by atoms with Crippen LogP contribution in [0.4, 0.5) is 0 Å². The van der Waals surface area contributed by atoms with Crippen LogP contribution in [0.25, 0.3) is 0 Å². The van der Waals surface area contributed by atoms with Crippen molar-refractivity contribution in [2.45, 2.75) is 201 Å². The highest BCUT2D eigenvalue weighted by atomic mass is 28.4. The highest BCUT2D eigenvalue weighted by Crippen LogP contribution is 2.43. The molecule has 0 aromatic heterocycles. The van der Waals surface area contributed by atoms with E-state index in [2.05, 4.69) is 94.6 Å². The lowest BCUT2D eigenvalue weighted by atomic mass is 9.88. The summed E-state index contributed by atoms with van der Waals surface area (Å²) in [5.41, 5.74) is -0.456. The SMILES string of the molecule is CC[C@H](O[Si](C)(C)C(C)(C)C)[C@@H](C)[C@H]1O[C@@H]1C[C@H](C)C=CC=C(C)[C@H]1OC(=O)C[C@H](O[Si](C)(C)C(C)(C)C)CC[C@@](C)(O)[C@@H](OC(C)=O)C=C[C@@H]1C. The molecule has 1 N–H and O–H groups in total. The van der Waals surface area contributed by atoms with Gasteiger partial charge in [0.25, 0.3) is 0 Å². The molecule has 0 unspecified atom stereocenters. The Morgan fingerprint density at radius 3 is 2.19 bits per heavy atom. The van der Waals surface area contributed by atoms with Crippen molar-refractivity contribution in [3.63, 3.8) is 0 Å². The van der Waals surface area contributed by atoms with Gasteiger partial charge in [0.15, 0.2) is 16.6 Å². The lowest BCUT2D eigenvalue weighted by Crippen LogP contribution is -2.46. The van der Waals surface area contributed by atoms with Crippen molar-refractivity contribution in [3.8, 4) is 0 Å². The van der Waals surface area contributed by atoms with Gasteiger partial charge >= 0.3 is 11.9 Å². The summed E-state index contributed by atoms with van der Waals surface area (Å²) >= 11 is 0. The molecular weight excluding hydrogens is 689 g/mol. The fourth-order valence-electron chi connectivity index (χ4n) is 6.39. The second kappa shape index (κ2) is 18.4. The van der Waals surface area contributed by atoms with Crippen LogP contribution in [0.1, 0.15) is 122 Å². The minimum atomic E-state index is -2.25. The molecule has 8 nitrogen and oxygen atoms in total. The van der Waals surface area contributed by atoms with Gasteiger partial charge in [-0.3, -0.25) is 9.59 Å². The molecule has 2 rings (SSSR count). The van der Waals surface area contributed by atoms with Gasteiger partial charge in [0.2, 0.25) is 0 Å². The topological polar surface area (TPSA) is 104 Å². The van der Waals surface area contributed by atoms with E-state index in [-0.39, 0.29) is 53.1 Å². The summed E-state index contributed by atoms with van der Waals surface area (Å²) in [5.74, 6) is -0.414. The van der Waals surface area contributed by atoms with Crippen LogP contribution in [-0.2, 0) is 32.7 Å². The molecule has 10 atom stereocenters. The number of ether oxygens (including phenoxy) is 3. The van der Waals surface area contributed by atoms with E-state index in [1.54, 1.807) is 13.0 Å². The van der Waals surface area contributed by atoms with E-state index < -0.39 is 46.5 Å². The Morgan fingerprint density at radius 1 is 1.06 bits per heavy atom. The fourth-order valence-corrected chi connectivity index (χ4v) is 9.27. The number of aliphatic hydroxyl groups is 1. The number of carbonyl (C=O) groups is 2. The quantitative estimate of drug-likeness (QED) is 0.0650. The number of hydrogen-bond acceptors (Lipinski definition) is 8. The van der Waals surface area contributed by atoms with Crippen LogP contribution in [-0.4, -0.2) is 75.9 Å². The van der Waals surface area contributed by atoms with Gasteiger partial charge in [-0.15, -0.1) is 0 Å². The average Bonchev–Trinajstić information content (AvgIpc) is 3.75. The number of allylic oxidation sites excluding steroid dienone is 3. The van der Waals surface area contributed by atoms with Crippen molar-refractivity contribution in [1.29, 1.82) is 0 Å². The zero-order chi connectivity index (χ0) is 40.0. The van der Waals surface area contributed by atoms with Crippen LogP contribution in [0.15, 0.2) is 36.0 Å². The maximum Gasteiger partial charge on any atom is 0.308 e. The second-order valence-corrected chi connectivity index (χ2v) is 28.6. The van der Waals surface area contributed by atoms with E-state index in [0.29, 0.717) is 18.3 Å². The molecule has 2 aliphatic rings. The lowest BCUT2D eigenvalue weighted by Gasteiger charge is -2.40. The number of rotatable bonds is 13. The van der Waals surface area contributed by atoms with Crippen molar-refractivity contribution in [2.24, 2.45) is 17.8 Å². The zero-order valence-electron chi connectivity index (χ0n) is 35.9. The molecule has 0 saturated carbocycles. The van der Waals surface area contributed by atoms with Gasteiger partial charge in [-0.05, 0) is 93.4 Å². The number of epoxide rings is 1. The summed E-state index contributed by atoms with van der Waals surface area (Å²) in [4.78, 5) is 25.6. The maximum atomic E-state index is 13.6. The van der Waals surface area contributed by atoms with Crippen LogP contribution in [0.5, 0.6) is 0 Å². The summed E-state index contributed by atoms with van der Waals surface area (Å²) in [6, 6.07) is 0. The molecular formula is C42H76O8Si2. The fraction of sp³-hybridized carbons (Fsp3) is 0.810. The van der Waals surface area contributed by atoms with Gasteiger partial charge in [0.05, 0.1) is 24.7 Å². The summed E-state index contributed by atoms with van der Waals surface area (Å²) in [7, 11) is -4.12. The van der Waals surface area contributed by atoms with Crippen molar-refractivity contribution < 1.29 is 37.8 Å². The predicted molar refractivity (Wildman–Crippen MR) is 217 cm³/mol. The van der Waals surface area contributed by atoms with Gasteiger partial charge in [-0.1, -0.05) is 93.5 Å². The van der Waals surface area contributed by atoms with Gasteiger partial charge in [0, 0.05) is 24.9 Å². The van der Waals surface area contributed by atoms with Gasteiger partial charge in [-0.2, -0.15) is 0 Å². The molecule has 0 aromatic carbocycles. The Hall–Kier alpha value is -1.57. The first-order valence-electron chi connectivity index (χ1n) is 19.7. The van der Waals surface area contributed by atoms with Gasteiger partial charge < -0.3 is 28.2 Å². The first-order chi connectivity index (χ1) is 23.6. The monoisotopic (exact) mass is 765 g/mol. The van der Waals surface area contributed by atoms with E-state index in [4.69, 9.17) is 23.1 Å². The standard InChI is InChI=1S/C42H76O8Si2/c1-18-34(50-52(16,17)41(10,11)12)31(5)39-35(47-39)26-28(2)20-19-21-29(3)38-30(4)22-23-36(46-32(6)43)42(13,45)25-24-33(27-37(44)48-38)49-51(14,15)40(7,8)9/h19-23,28,30-31,33-36,38-39,45H,18,24-27H2,1-17H3/t28-,30+,31-,33-,34+,35-,36+,38-,39-,42-/m1/s1. The predicted octanol–water partition coefficient (Wildman–Crippen LogP) is 10.1. The molecule has 1 saturated heterocycles. The van der Waals surface area contributed by atoms with E-state index in [1.807, 2.05) is 32.1 Å². The molecule has 0 aromatic rings. The molecule has 2 heterocycles. The molecule has 0 spiro atoms. The Morgan fingerprint density at radius 2 is 1.65 bits per heavy atom. The molecule has 1 fully saturated rings. The Bertz CT molecular complexity index is 1270. The maximum absolute atomic E-state index is 13.6. The molecule has 300 valence electrons. The molecule has 0 bridgehead atoms. The third-order valence-electron chi connectivity index (χ3n) is 12.1.